The molecule has 1 heterocycles. The molecule has 1 saturated heterocycles. The van der Waals surface area contributed by atoms with Gasteiger partial charge in [0.1, 0.15) is 0 Å². The molecule has 0 aromatic rings. The minimum absolute atomic E-state index is 0.140. The number of hydrogen-bond donors (Lipinski definition) is 2. The SMILES string of the molecule is CC(C)NCC1CCCCN1C(C)C(N)=O. The molecule has 0 aromatic carbocycles. The van der Waals surface area contributed by atoms with Crippen molar-refractivity contribution in [3.8, 4) is 0 Å². The van der Waals surface area contributed by atoms with Crippen molar-refractivity contribution in [1.29, 1.82) is 0 Å². The van der Waals surface area contributed by atoms with Crippen LogP contribution in [0.1, 0.15) is 40.0 Å². The van der Waals surface area contributed by atoms with Crippen LogP contribution in [0.25, 0.3) is 0 Å². The summed E-state index contributed by atoms with van der Waals surface area (Å²) in [6, 6.07) is 0.811. The van der Waals surface area contributed by atoms with E-state index >= 15 is 0 Å². The predicted octanol–water partition coefficient (Wildman–Crippen LogP) is 0.713. The summed E-state index contributed by atoms with van der Waals surface area (Å²) in [5.74, 6) is -0.212. The van der Waals surface area contributed by atoms with Crippen LogP contribution >= 0.6 is 0 Å². The van der Waals surface area contributed by atoms with Crippen molar-refractivity contribution in [3.05, 3.63) is 0 Å². The van der Waals surface area contributed by atoms with Crippen LogP contribution in [-0.2, 0) is 4.79 Å². The summed E-state index contributed by atoms with van der Waals surface area (Å²) in [7, 11) is 0. The van der Waals surface area contributed by atoms with Crippen molar-refractivity contribution in [3.63, 3.8) is 0 Å². The minimum Gasteiger partial charge on any atom is -0.368 e. The zero-order valence-corrected chi connectivity index (χ0v) is 10.7. The number of nitrogens with two attached hydrogens (primary N) is 1. The van der Waals surface area contributed by atoms with Crippen molar-refractivity contribution in [2.45, 2.75) is 58.2 Å². The highest BCUT2D eigenvalue weighted by Crippen LogP contribution is 2.19. The average Bonchev–Trinajstić information content (AvgIpc) is 2.25. The summed E-state index contributed by atoms with van der Waals surface area (Å²) < 4.78 is 0. The van der Waals surface area contributed by atoms with Gasteiger partial charge < -0.3 is 11.1 Å². The second-order valence-electron chi connectivity index (χ2n) is 5.03. The van der Waals surface area contributed by atoms with Crippen LogP contribution in [0.4, 0.5) is 0 Å². The molecular weight excluding hydrogens is 202 g/mol. The molecule has 1 aliphatic heterocycles. The minimum atomic E-state index is -0.212. The van der Waals surface area contributed by atoms with Gasteiger partial charge in [0.2, 0.25) is 5.91 Å². The molecule has 0 spiro atoms. The Labute approximate surface area is 98.6 Å². The standard InChI is InChI=1S/C12H25N3O/c1-9(2)14-8-11-6-4-5-7-15(11)10(3)12(13)16/h9-11,14H,4-8H2,1-3H3,(H2,13,16). The van der Waals surface area contributed by atoms with Crippen LogP contribution < -0.4 is 11.1 Å². The molecule has 1 fully saturated rings. The molecule has 94 valence electrons. The smallest absolute Gasteiger partial charge is 0.234 e. The van der Waals surface area contributed by atoms with Crippen LogP contribution in [0.3, 0.4) is 0 Å². The summed E-state index contributed by atoms with van der Waals surface area (Å²) in [6.07, 6.45) is 3.60. The van der Waals surface area contributed by atoms with Crippen molar-refractivity contribution in [2.75, 3.05) is 13.1 Å². The average molecular weight is 227 g/mol. The number of nitrogens with one attached hydrogen (secondary N) is 1. The summed E-state index contributed by atoms with van der Waals surface area (Å²) in [4.78, 5) is 13.5. The lowest BCUT2D eigenvalue weighted by molar-refractivity contribution is -0.124. The van der Waals surface area contributed by atoms with E-state index in [2.05, 4.69) is 24.1 Å². The first kappa shape index (κ1) is 13.5. The number of carbonyl (C=O) groups excluding carboxylic acids is 1. The first-order valence-corrected chi connectivity index (χ1v) is 6.30. The number of carbonyl (C=O) groups is 1. The van der Waals surface area contributed by atoms with Gasteiger partial charge in [0.15, 0.2) is 0 Å². The van der Waals surface area contributed by atoms with Gasteiger partial charge in [0.25, 0.3) is 0 Å². The Morgan fingerprint density at radius 1 is 1.44 bits per heavy atom. The zero-order valence-electron chi connectivity index (χ0n) is 10.7. The third-order valence-electron chi connectivity index (χ3n) is 3.34. The second kappa shape index (κ2) is 6.21. The molecule has 0 radical (unpaired) electrons. The van der Waals surface area contributed by atoms with Gasteiger partial charge in [-0.2, -0.15) is 0 Å². The Hall–Kier alpha value is -0.610. The number of rotatable bonds is 5. The van der Waals surface area contributed by atoms with E-state index < -0.39 is 0 Å². The van der Waals surface area contributed by atoms with Crippen molar-refractivity contribution >= 4 is 5.91 Å². The van der Waals surface area contributed by atoms with Gasteiger partial charge in [-0.25, -0.2) is 0 Å². The molecule has 1 rings (SSSR count). The van der Waals surface area contributed by atoms with Crippen molar-refractivity contribution < 1.29 is 4.79 Å². The van der Waals surface area contributed by atoms with Gasteiger partial charge in [0.05, 0.1) is 6.04 Å². The Morgan fingerprint density at radius 2 is 2.12 bits per heavy atom. The van der Waals surface area contributed by atoms with Crippen molar-refractivity contribution in [2.24, 2.45) is 5.73 Å². The highest BCUT2D eigenvalue weighted by molar-refractivity contribution is 5.79. The molecule has 0 aliphatic carbocycles. The molecule has 2 unspecified atom stereocenters. The van der Waals surface area contributed by atoms with Crippen LogP contribution in [0.15, 0.2) is 0 Å². The van der Waals surface area contributed by atoms with Gasteiger partial charge in [-0.3, -0.25) is 9.69 Å². The Bertz CT molecular complexity index is 230. The lowest BCUT2D eigenvalue weighted by Gasteiger charge is -2.39. The monoisotopic (exact) mass is 227 g/mol. The van der Waals surface area contributed by atoms with E-state index in [0.29, 0.717) is 12.1 Å². The van der Waals surface area contributed by atoms with Crippen LogP contribution in [-0.4, -0.2) is 42.0 Å². The molecule has 0 saturated carbocycles. The van der Waals surface area contributed by atoms with E-state index in [9.17, 15) is 4.79 Å². The normalized spacial score (nSPS) is 24.6. The van der Waals surface area contributed by atoms with Crippen molar-refractivity contribution in [1.82, 2.24) is 10.2 Å². The van der Waals surface area contributed by atoms with Crippen LogP contribution in [0.5, 0.6) is 0 Å². The van der Waals surface area contributed by atoms with Gasteiger partial charge in [0, 0.05) is 18.6 Å². The number of hydrogen-bond acceptors (Lipinski definition) is 3. The van der Waals surface area contributed by atoms with E-state index in [4.69, 9.17) is 5.73 Å². The zero-order chi connectivity index (χ0) is 12.1. The maximum atomic E-state index is 11.2. The lowest BCUT2D eigenvalue weighted by Crippen LogP contribution is -2.54. The van der Waals surface area contributed by atoms with E-state index in [0.717, 1.165) is 19.5 Å². The highest BCUT2D eigenvalue weighted by atomic mass is 16.1. The van der Waals surface area contributed by atoms with Crippen LogP contribution in [0, 0.1) is 0 Å². The summed E-state index contributed by atoms with van der Waals surface area (Å²) in [5, 5.41) is 3.45. The third-order valence-corrected chi connectivity index (χ3v) is 3.34. The fourth-order valence-corrected chi connectivity index (χ4v) is 2.29. The molecule has 4 nitrogen and oxygen atoms in total. The van der Waals surface area contributed by atoms with E-state index in [1.807, 2.05) is 6.92 Å². The lowest BCUT2D eigenvalue weighted by atomic mass is 9.99. The number of piperidine rings is 1. The van der Waals surface area contributed by atoms with Gasteiger partial charge in [-0.05, 0) is 26.3 Å². The number of amides is 1. The molecule has 0 bridgehead atoms. The maximum absolute atomic E-state index is 11.2. The number of likely N-dealkylation sites (tertiary alicyclic amines) is 1. The van der Waals surface area contributed by atoms with E-state index in [-0.39, 0.29) is 11.9 Å². The summed E-state index contributed by atoms with van der Waals surface area (Å²) in [6.45, 7) is 8.15. The summed E-state index contributed by atoms with van der Waals surface area (Å²) >= 11 is 0. The predicted molar refractivity (Wildman–Crippen MR) is 66.1 cm³/mol. The number of nitrogens with zero attached hydrogens (tertiary/aromatic N) is 1. The highest BCUT2D eigenvalue weighted by Gasteiger charge is 2.28. The van der Waals surface area contributed by atoms with E-state index in [1.54, 1.807) is 0 Å². The second-order valence-corrected chi connectivity index (χ2v) is 5.03. The first-order chi connectivity index (χ1) is 7.52. The molecule has 3 N–H and O–H groups in total. The fraction of sp³-hybridized carbons (Fsp3) is 0.917. The van der Waals surface area contributed by atoms with Gasteiger partial charge in [-0.1, -0.05) is 20.3 Å². The largest absolute Gasteiger partial charge is 0.368 e. The molecule has 16 heavy (non-hydrogen) atoms. The number of primary amides is 1. The van der Waals surface area contributed by atoms with Gasteiger partial charge >= 0.3 is 0 Å². The molecule has 0 aromatic heterocycles. The third kappa shape index (κ3) is 3.76. The topological polar surface area (TPSA) is 58.4 Å². The molecule has 2 atom stereocenters. The fourth-order valence-electron chi connectivity index (χ4n) is 2.29. The maximum Gasteiger partial charge on any atom is 0.234 e. The first-order valence-electron chi connectivity index (χ1n) is 6.30. The quantitative estimate of drug-likeness (QED) is 0.727. The van der Waals surface area contributed by atoms with Crippen LogP contribution in [0.2, 0.25) is 0 Å². The van der Waals surface area contributed by atoms with E-state index in [1.165, 1.54) is 12.8 Å². The Morgan fingerprint density at radius 3 is 2.69 bits per heavy atom. The molecule has 1 amide bonds. The van der Waals surface area contributed by atoms with Gasteiger partial charge in [-0.15, -0.1) is 0 Å². The summed E-state index contributed by atoms with van der Waals surface area (Å²) in [5.41, 5.74) is 5.38. The molecular formula is C12H25N3O. The molecule has 1 aliphatic rings. The Balaban J connectivity index is 2.53. The molecule has 4 heteroatoms. The Kier molecular flexibility index (Phi) is 5.22.